The van der Waals surface area contributed by atoms with Crippen LogP contribution in [0, 0.1) is 5.41 Å². The predicted molar refractivity (Wildman–Crippen MR) is 133 cm³/mol. The predicted octanol–water partition coefficient (Wildman–Crippen LogP) is 4.20. The Kier molecular flexibility index (Phi) is 6.51. The summed E-state index contributed by atoms with van der Waals surface area (Å²) in [5.41, 5.74) is 2.25. The Bertz CT molecular complexity index is 1280. The highest BCUT2D eigenvalue weighted by Gasteiger charge is 2.42. The minimum absolute atomic E-state index is 0.0999. The van der Waals surface area contributed by atoms with Gasteiger partial charge in [-0.3, -0.25) is 14.1 Å². The van der Waals surface area contributed by atoms with Crippen LogP contribution in [0.25, 0.3) is 5.65 Å². The van der Waals surface area contributed by atoms with E-state index in [1.165, 1.54) is 10.5 Å². The van der Waals surface area contributed by atoms with Crippen molar-refractivity contribution in [3.05, 3.63) is 80.3 Å². The fraction of sp³-hybridized carbons (Fsp3) is 0.400. The van der Waals surface area contributed by atoms with Crippen LogP contribution >= 0.6 is 23.2 Å². The van der Waals surface area contributed by atoms with Crippen LogP contribution in [0.2, 0.25) is 10.0 Å². The van der Waals surface area contributed by atoms with Gasteiger partial charge < -0.3 is 10.2 Å². The molecule has 1 unspecified atom stereocenters. The molecular weight excluding hydrogens is 473 g/mol. The van der Waals surface area contributed by atoms with Crippen molar-refractivity contribution in [2.45, 2.75) is 32.4 Å². The Hall–Kier alpha value is -2.61. The molecule has 2 amide bonds. The van der Waals surface area contributed by atoms with Crippen LogP contribution in [0.1, 0.15) is 30.5 Å². The highest BCUT2D eigenvalue weighted by Crippen LogP contribution is 2.39. The number of likely N-dealkylation sites (tertiary alicyclic amines) is 2. The van der Waals surface area contributed by atoms with E-state index in [0.717, 1.165) is 57.5 Å². The summed E-state index contributed by atoms with van der Waals surface area (Å²) < 4.78 is 1.49. The van der Waals surface area contributed by atoms with Gasteiger partial charge in [0.2, 0.25) is 0 Å². The molecule has 0 aliphatic carbocycles. The highest BCUT2D eigenvalue weighted by atomic mass is 35.5. The molecule has 2 saturated heterocycles. The van der Waals surface area contributed by atoms with E-state index in [1.807, 2.05) is 29.2 Å². The van der Waals surface area contributed by atoms with Gasteiger partial charge in [0.1, 0.15) is 5.65 Å². The van der Waals surface area contributed by atoms with E-state index in [-0.39, 0.29) is 23.6 Å². The number of hydrogen-bond acceptors (Lipinski definition) is 4. The fourth-order valence-electron chi connectivity index (χ4n) is 5.24. The van der Waals surface area contributed by atoms with E-state index in [9.17, 15) is 9.59 Å². The van der Waals surface area contributed by atoms with Crippen LogP contribution in [0.3, 0.4) is 0 Å². The van der Waals surface area contributed by atoms with Crippen molar-refractivity contribution in [2.75, 3.05) is 26.2 Å². The summed E-state index contributed by atoms with van der Waals surface area (Å²) in [6, 6.07) is 12.6. The van der Waals surface area contributed by atoms with E-state index >= 15 is 0 Å². The number of fused-ring (bicyclic) bond motifs is 1. The third kappa shape index (κ3) is 4.92. The standard InChI is InChI=1S/C25H27Cl2N5O2/c26-20-6-5-18(12-21(20)27)15-30-11-8-25(16-30)7-3-9-31(17-25)24(34)28-14-19-13-23(33)32-10-2-1-4-22(32)29-19/h1-2,4-6,10,12-13H,3,7-9,11,14-17H2,(H,28,34). The summed E-state index contributed by atoms with van der Waals surface area (Å²) in [6.07, 6.45) is 4.87. The third-order valence-electron chi connectivity index (χ3n) is 6.90. The Morgan fingerprint density at radius 2 is 1.94 bits per heavy atom. The molecule has 0 radical (unpaired) electrons. The molecule has 2 aromatic heterocycles. The summed E-state index contributed by atoms with van der Waals surface area (Å²) in [6.45, 7) is 4.50. The molecular formula is C25H27Cl2N5O2. The number of carbonyl (C=O) groups excluding carboxylic acids is 1. The van der Waals surface area contributed by atoms with Crippen LogP contribution in [-0.4, -0.2) is 51.4 Å². The van der Waals surface area contributed by atoms with E-state index in [0.29, 0.717) is 21.4 Å². The van der Waals surface area contributed by atoms with Gasteiger partial charge in [0, 0.05) is 43.9 Å². The van der Waals surface area contributed by atoms with Gasteiger partial charge in [-0.2, -0.15) is 0 Å². The number of nitrogens with zero attached hydrogens (tertiary/aromatic N) is 4. The molecule has 1 atom stereocenters. The zero-order valence-electron chi connectivity index (χ0n) is 18.8. The molecule has 1 spiro atoms. The fourth-order valence-corrected chi connectivity index (χ4v) is 5.57. The lowest BCUT2D eigenvalue weighted by molar-refractivity contribution is 0.107. The molecule has 4 heterocycles. The monoisotopic (exact) mass is 499 g/mol. The van der Waals surface area contributed by atoms with Crippen molar-refractivity contribution < 1.29 is 4.79 Å². The summed E-state index contributed by atoms with van der Waals surface area (Å²) >= 11 is 12.2. The number of amides is 2. The number of halogens is 2. The molecule has 2 aliphatic heterocycles. The van der Waals surface area contributed by atoms with Crippen LogP contribution in [-0.2, 0) is 13.1 Å². The molecule has 9 heteroatoms. The Morgan fingerprint density at radius 1 is 1.06 bits per heavy atom. The van der Waals surface area contributed by atoms with Crippen molar-refractivity contribution >= 4 is 34.9 Å². The quantitative estimate of drug-likeness (QED) is 0.583. The van der Waals surface area contributed by atoms with Crippen molar-refractivity contribution in [1.29, 1.82) is 0 Å². The summed E-state index contributed by atoms with van der Waals surface area (Å²) in [5, 5.41) is 4.12. The number of pyridine rings is 1. The zero-order chi connectivity index (χ0) is 23.7. The molecule has 178 valence electrons. The highest BCUT2D eigenvalue weighted by molar-refractivity contribution is 6.42. The molecule has 0 saturated carbocycles. The van der Waals surface area contributed by atoms with Crippen molar-refractivity contribution in [3.8, 4) is 0 Å². The SMILES string of the molecule is O=C(NCc1cc(=O)n2ccccc2n1)N1CCCC2(CCN(Cc3ccc(Cl)c(Cl)c3)C2)C1. The van der Waals surface area contributed by atoms with Gasteiger partial charge in [0.25, 0.3) is 5.56 Å². The third-order valence-corrected chi connectivity index (χ3v) is 7.64. The molecule has 34 heavy (non-hydrogen) atoms. The number of piperidine rings is 1. The molecule has 7 nitrogen and oxygen atoms in total. The van der Waals surface area contributed by atoms with Crippen molar-refractivity contribution in [3.63, 3.8) is 0 Å². The largest absolute Gasteiger partial charge is 0.332 e. The Balaban J connectivity index is 1.19. The first kappa shape index (κ1) is 23.1. The molecule has 5 rings (SSSR count). The number of aromatic nitrogens is 2. The number of carbonyl (C=O) groups is 1. The second-order valence-corrected chi connectivity index (χ2v) is 10.2. The average molecular weight is 500 g/mol. The summed E-state index contributed by atoms with van der Waals surface area (Å²) in [5.74, 6) is 0. The molecule has 2 aliphatic rings. The number of urea groups is 1. The van der Waals surface area contributed by atoms with Gasteiger partial charge in [0.15, 0.2) is 0 Å². The van der Waals surface area contributed by atoms with Crippen LogP contribution in [0.5, 0.6) is 0 Å². The first-order valence-electron chi connectivity index (χ1n) is 11.6. The number of benzene rings is 1. The van der Waals surface area contributed by atoms with Crippen LogP contribution in [0.4, 0.5) is 4.79 Å². The van der Waals surface area contributed by atoms with Gasteiger partial charge in [-0.25, -0.2) is 9.78 Å². The smallest absolute Gasteiger partial charge is 0.317 e. The van der Waals surface area contributed by atoms with Gasteiger partial charge in [-0.1, -0.05) is 35.3 Å². The summed E-state index contributed by atoms with van der Waals surface area (Å²) in [4.78, 5) is 34.1. The van der Waals surface area contributed by atoms with Crippen LogP contribution in [0.15, 0.2) is 53.5 Å². The Labute approximate surface area is 208 Å². The van der Waals surface area contributed by atoms with Gasteiger partial charge in [-0.05, 0) is 55.6 Å². The van der Waals surface area contributed by atoms with Gasteiger partial charge in [-0.15, -0.1) is 0 Å². The zero-order valence-corrected chi connectivity index (χ0v) is 20.4. The topological polar surface area (TPSA) is 69.9 Å². The number of nitrogens with one attached hydrogen (secondary N) is 1. The minimum Gasteiger partial charge on any atom is -0.332 e. The van der Waals surface area contributed by atoms with E-state index < -0.39 is 0 Å². The number of rotatable bonds is 4. The normalized spacial score (nSPS) is 20.8. The lowest BCUT2D eigenvalue weighted by atomic mass is 9.79. The minimum atomic E-state index is -0.153. The molecule has 2 fully saturated rings. The first-order valence-corrected chi connectivity index (χ1v) is 12.3. The molecule has 1 aromatic carbocycles. The van der Waals surface area contributed by atoms with E-state index in [2.05, 4.69) is 15.2 Å². The van der Waals surface area contributed by atoms with Crippen molar-refractivity contribution in [2.24, 2.45) is 5.41 Å². The maximum absolute atomic E-state index is 13.0. The lowest BCUT2D eigenvalue weighted by Crippen LogP contribution is -2.50. The Morgan fingerprint density at radius 3 is 2.79 bits per heavy atom. The van der Waals surface area contributed by atoms with E-state index in [1.54, 1.807) is 18.3 Å². The molecule has 3 aromatic rings. The number of hydrogen-bond donors (Lipinski definition) is 1. The van der Waals surface area contributed by atoms with E-state index in [4.69, 9.17) is 23.2 Å². The first-order chi connectivity index (χ1) is 16.4. The second-order valence-electron chi connectivity index (χ2n) is 9.41. The van der Waals surface area contributed by atoms with Crippen molar-refractivity contribution in [1.82, 2.24) is 24.5 Å². The maximum Gasteiger partial charge on any atom is 0.317 e. The van der Waals surface area contributed by atoms with Crippen LogP contribution < -0.4 is 10.9 Å². The molecule has 0 bridgehead atoms. The van der Waals surface area contributed by atoms with Gasteiger partial charge in [0.05, 0.1) is 22.3 Å². The average Bonchev–Trinajstić information content (AvgIpc) is 3.21. The lowest BCUT2D eigenvalue weighted by Gasteiger charge is -2.40. The molecule has 1 N–H and O–H groups in total. The summed E-state index contributed by atoms with van der Waals surface area (Å²) in [7, 11) is 0. The second kappa shape index (κ2) is 9.56. The van der Waals surface area contributed by atoms with Gasteiger partial charge >= 0.3 is 6.03 Å². The maximum atomic E-state index is 13.0.